The van der Waals surface area contributed by atoms with E-state index in [-0.39, 0.29) is 51.4 Å². The summed E-state index contributed by atoms with van der Waals surface area (Å²) < 4.78 is 0. The Hall–Kier alpha value is 0.0664. The standard InChI is InChI=1S/C9H9NO.K.H/c10-9(11)7-6-8-4-2-1-3-5-8;;/h1-7H,(H2,10,11);;/b7-6+;;. The third-order valence-electron chi connectivity index (χ3n) is 1.24. The number of hydrogen-bond donors (Lipinski definition) is 1. The molecule has 0 bridgehead atoms. The molecule has 0 aliphatic carbocycles. The molecule has 2 nitrogen and oxygen atoms in total. The van der Waals surface area contributed by atoms with Crippen LogP contribution in [0.4, 0.5) is 0 Å². The second-order valence-corrected chi connectivity index (χ2v) is 2.15. The number of hydrogen-bond acceptors (Lipinski definition) is 1. The van der Waals surface area contributed by atoms with Crippen LogP contribution in [0.3, 0.4) is 0 Å². The predicted molar refractivity (Wildman–Crippen MR) is 51.8 cm³/mol. The summed E-state index contributed by atoms with van der Waals surface area (Å²) in [7, 11) is 0. The van der Waals surface area contributed by atoms with Crippen molar-refractivity contribution in [2.24, 2.45) is 5.73 Å². The molecule has 1 aromatic rings. The van der Waals surface area contributed by atoms with Crippen LogP contribution in [-0.2, 0) is 4.79 Å². The van der Waals surface area contributed by atoms with Crippen LogP contribution in [-0.4, -0.2) is 57.3 Å². The summed E-state index contributed by atoms with van der Waals surface area (Å²) in [5.41, 5.74) is 5.89. The number of benzene rings is 1. The average Bonchev–Trinajstić information content (AvgIpc) is 2.03. The number of amides is 1. The van der Waals surface area contributed by atoms with Gasteiger partial charge in [-0.2, -0.15) is 0 Å². The van der Waals surface area contributed by atoms with Crippen molar-refractivity contribution in [3.63, 3.8) is 0 Å². The minimum atomic E-state index is -0.422. The molecule has 0 saturated heterocycles. The maximum atomic E-state index is 10.3. The van der Waals surface area contributed by atoms with E-state index >= 15 is 0 Å². The molecule has 58 valence electrons. The third-order valence-corrected chi connectivity index (χ3v) is 1.24. The van der Waals surface area contributed by atoms with E-state index in [1.807, 2.05) is 30.3 Å². The zero-order chi connectivity index (χ0) is 8.10. The van der Waals surface area contributed by atoms with Crippen LogP contribution in [0, 0.1) is 0 Å². The first kappa shape index (κ1) is 12.1. The molecule has 0 heterocycles. The fraction of sp³-hybridized carbons (Fsp3) is 0. The summed E-state index contributed by atoms with van der Waals surface area (Å²) in [6, 6.07) is 9.53. The molecule has 0 atom stereocenters. The Morgan fingerprint density at radius 3 is 2.33 bits per heavy atom. The zero-order valence-corrected chi connectivity index (χ0v) is 6.03. The van der Waals surface area contributed by atoms with Gasteiger partial charge in [0, 0.05) is 6.08 Å². The Kier molecular flexibility index (Phi) is 6.60. The van der Waals surface area contributed by atoms with E-state index in [1.54, 1.807) is 6.08 Å². The summed E-state index contributed by atoms with van der Waals surface area (Å²) in [5, 5.41) is 0. The topological polar surface area (TPSA) is 43.1 Å². The van der Waals surface area contributed by atoms with Crippen LogP contribution in [0.5, 0.6) is 0 Å². The van der Waals surface area contributed by atoms with E-state index < -0.39 is 5.91 Å². The Morgan fingerprint density at radius 1 is 1.25 bits per heavy atom. The van der Waals surface area contributed by atoms with Gasteiger partial charge in [-0.25, -0.2) is 0 Å². The number of nitrogens with two attached hydrogens (primary N) is 1. The number of primary amides is 1. The first-order chi connectivity index (χ1) is 5.29. The van der Waals surface area contributed by atoms with Crippen LogP contribution in [0.25, 0.3) is 6.08 Å². The van der Waals surface area contributed by atoms with Gasteiger partial charge in [0.1, 0.15) is 0 Å². The monoisotopic (exact) mass is 187 g/mol. The van der Waals surface area contributed by atoms with Crippen molar-refractivity contribution in [2.75, 3.05) is 0 Å². The third kappa shape index (κ3) is 4.85. The Morgan fingerprint density at radius 2 is 1.83 bits per heavy atom. The molecule has 0 spiro atoms. The molecule has 0 aliphatic rings. The van der Waals surface area contributed by atoms with E-state index in [0.717, 1.165) is 5.56 Å². The Balaban J connectivity index is 0.00000121. The van der Waals surface area contributed by atoms with Crippen LogP contribution >= 0.6 is 0 Å². The normalized spacial score (nSPS) is 9.33. The quantitative estimate of drug-likeness (QED) is 0.533. The molecule has 0 radical (unpaired) electrons. The molecule has 0 saturated carbocycles. The SMILES string of the molecule is NC(=O)/C=C/c1ccccc1.[KH]. The van der Waals surface area contributed by atoms with Crippen molar-refractivity contribution in [3.8, 4) is 0 Å². The zero-order valence-electron chi connectivity index (χ0n) is 6.03. The predicted octanol–water partition coefficient (Wildman–Crippen LogP) is 0.537. The fourth-order valence-electron chi connectivity index (χ4n) is 0.743. The summed E-state index contributed by atoms with van der Waals surface area (Å²) in [6.45, 7) is 0. The summed E-state index contributed by atoms with van der Waals surface area (Å²) in [6.07, 6.45) is 3.03. The second-order valence-electron chi connectivity index (χ2n) is 2.15. The van der Waals surface area contributed by atoms with Crippen LogP contribution in [0.15, 0.2) is 36.4 Å². The molecule has 12 heavy (non-hydrogen) atoms. The van der Waals surface area contributed by atoms with Gasteiger partial charge in [0.05, 0.1) is 0 Å². The van der Waals surface area contributed by atoms with Crippen molar-refractivity contribution < 1.29 is 4.79 Å². The Labute approximate surface area is 114 Å². The molecule has 3 heteroatoms. The van der Waals surface area contributed by atoms with Crippen molar-refractivity contribution in [3.05, 3.63) is 42.0 Å². The van der Waals surface area contributed by atoms with Gasteiger partial charge in [0.2, 0.25) is 5.91 Å². The molecule has 1 rings (SSSR count). The van der Waals surface area contributed by atoms with E-state index in [9.17, 15) is 4.79 Å². The van der Waals surface area contributed by atoms with E-state index in [2.05, 4.69) is 0 Å². The van der Waals surface area contributed by atoms with E-state index in [1.165, 1.54) is 6.08 Å². The molecule has 0 unspecified atom stereocenters. The van der Waals surface area contributed by atoms with Crippen molar-refractivity contribution in [2.45, 2.75) is 0 Å². The number of carbonyl (C=O) groups is 1. The van der Waals surface area contributed by atoms with Crippen molar-refractivity contribution >= 4 is 63.4 Å². The molecular formula is C9H10KNO. The Bertz CT molecular complexity index is 269. The van der Waals surface area contributed by atoms with Gasteiger partial charge in [-0.3, -0.25) is 4.79 Å². The van der Waals surface area contributed by atoms with Crippen molar-refractivity contribution in [1.82, 2.24) is 0 Å². The molecular weight excluding hydrogens is 177 g/mol. The van der Waals surface area contributed by atoms with Gasteiger partial charge in [-0.15, -0.1) is 0 Å². The summed E-state index contributed by atoms with van der Waals surface area (Å²) >= 11 is 0. The van der Waals surface area contributed by atoms with Gasteiger partial charge < -0.3 is 5.73 Å². The van der Waals surface area contributed by atoms with Crippen molar-refractivity contribution in [1.29, 1.82) is 0 Å². The van der Waals surface area contributed by atoms with Gasteiger partial charge in [-0.1, -0.05) is 30.3 Å². The maximum absolute atomic E-state index is 10.3. The van der Waals surface area contributed by atoms with Crippen LogP contribution < -0.4 is 5.73 Å². The molecule has 0 aliphatic heterocycles. The number of rotatable bonds is 2. The van der Waals surface area contributed by atoms with Crippen LogP contribution in [0.2, 0.25) is 0 Å². The number of carbonyl (C=O) groups excluding carboxylic acids is 1. The molecule has 2 N–H and O–H groups in total. The van der Waals surface area contributed by atoms with Gasteiger partial charge in [0.15, 0.2) is 0 Å². The molecule has 1 amide bonds. The van der Waals surface area contributed by atoms with Crippen LogP contribution in [0.1, 0.15) is 5.56 Å². The summed E-state index contributed by atoms with van der Waals surface area (Å²) in [4.78, 5) is 10.3. The van der Waals surface area contributed by atoms with E-state index in [4.69, 9.17) is 5.73 Å². The van der Waals surface area contributed by atoms with Gasteiger partial charge in [-0.05, 0) is 11.6 Å². The molecule has 1 aromatic carbocycles. The first-order valence-corrected chi connectivity index (χ1v) is 3.31. The van der Waals surface area contributed by atoms with E-state index in [0.29, 0.717) is 0 Å². The first-order valence-electron chi connectivity index (χ1n) is 3.31. The van der Waals surface area contributed by atoms with Gasteiger partial charge >= 0.3 is 51.4 Å². The van der Waals surface area contributed by atoms with Gasteiger partial charge in [0.25, 0.3) is 0 Å². The molecule has 0 aromatic heterocycles. The summed E-state index contributed by atoms with van der Waals surface area (Å²) in [5.74, 6) is -0.422. The fourth-order valence-corrected chi connectivity index (χ4v) is 0.743. The average molecular weight is 187 g/mol. The molecule has 0 fully saturated rings. The minimum absolute atomic E-state index is 0. The second kappa shape index (κ2) is 6.57.